The van der Waals surface area contributed by atoms with Gasteiger partial charge in [-0.15, -0.1) is 0 Å². The third-order valence-corrected chi connectivity index (χ3v) is 4.51. The molecule has 6 heteroatoms. The predicted octanol–water partition coefficient (Wildman–Crippen LogP) is 2.12. The Kier molecular flexibility index (Phi) is 7.25. The summed E-state index contributed by atoms with van der Waals surface area (Å²) in [6.07, 6.45) is 2.46. The van der Waals surface area contributed by atoms with Crippen LogP contribution in [0.2, 0.25) is 0 Å². The number of nitrogens with one attached hydrogen (secondary N) is 1. The van der Waals surface area contributed by atoms with Crippen molar-refractivity contribution in [3.05, 3.63) is 29.8 Å². The van der Waals surface area contributed by atoms with Crippen LogP contribution in [0.15, 0.2) is 24.3 Å². The molecule has 25 heavy (non-hydrogen) atoms. The van der Waals surface area contributed by atoms with Crippen molar-refractivity contribution in [1.82, 2.24) is 10.2 Å². The molecule has 2 rings (SSSR count). The van der Waals surface area contributed by atoms with Gasteiger partial charge >= 0.3 is 0 Å². The van der Waals surface area contributed by atoms with Crippen molar-refractivity contribution in [2.75, 3.05) is 20.3 Å². The second-order valence-electron chi connectivity index (χ2n) is 6.28. The Bertz CT molecular complexity index is 567. The van der Waals surface area contributed by atoms with Crippen molar-refractivity contribution in [2.24, 2.45) is 0 Å². The molecule has 1 aromatic rings. The summed E-state index contributed by atoms with van der Waals surface area (Å²) in [7, 11) is 1.61. The molecular weight excluding hydrogens is 320 g/mol. The van der Waals surface area contributed by atoms with Gasteiger partial charge in [-0.25, -0.2) is 0 Å². The number of rotatable bonds is 8. The van der Waals surface area contributed by atoms with E-state index >= 15 is 0 Å². The zero-order chi connectivity index (χ0) is 18.2. The van der Waals surface area contributed by atoms with Crippen LogP contribution in [0.1, 0.15) is 38.7 Å². The number of carbonyl (C=O) groups is 2. The van der Waals surface area contributed by atoms with Crippen LogP contribution in [0.4, 0.5) is 0 Å². The van der Waals surface area contributed by atoms with E-state index in [1.165, 1.54) is 0 Å². The van der Waals surface area contributed by atoms with Crippen molar-refractivity contribution in [3.8, 4) is 5.75 Å². The van der Waals surface area contributed by atoms with Gasteiger partial charge in [-0.1, -0.05) is 19.1 Å². The molecule has 0 aromatic heterocycles. The summed E-state index contributed by atoms with van der Waals surface area (Å²) in [5, 5.41) is 2.91. The summed E-state index contributed by atoms with van der Waals surface area (Å²) < 4.78 is 10.7. The second kappa shape index (κ2) is 9.42. The minimum atomic E-state index is -0.532. The Balaban J connectivity index is 1.98. The molecule has 0 unspecified atom stereocenters. The number of methoxy groups -OCH3 is 1. The highest BCUT2D eigenvalue weighted by Gasteiger charge is 2.26. The lowest BCUT2D eigenvalue weighted by Gasteiger charge is -2.28. The number of carbonyl (C=O) groups excluding carboxylic acids is 2. The molecule has 1 aromatic carbocycles. The minimum absolute atomic E-state index is 0.0458. The zero-order valence-electron chi connectivity index (χ0n) is 15.3. The molecule has 0 aliphatic carbocycles. The van der Waals surface area contributed by atoms with Crippen LogP contribution in [0.3, 0.4) is 0 Å². The van der Waals surface area contributed by atoms with Gasteiger partial charge in [0.15, 0.2) is 0 Å². The molecule has 6 nitrogen and oxygen atoms in total. The second-order valence-corrected chi connectivity index (χ2v) is 6.28. The monoisotopic (exact) mass is 348 g/mol. The minimum Gasteiger partial charge on any atom is -0.497 e. The average molecular weight is 348 g/mol. The van der Waals surface area contributed by atoms with Gasteiger partial charge in [0.05, 0.1) is 13.2 Å². The largest absolute Gasteiger partial charge is 0.497 e. The quantitative estimate of drug-likeness (QED) is 0.781. The van der Waals surface area contributed by atoms with Crippen molar-refractivity contribution < 1.29 is 19.1 Å². The number of nitrogens with zero attached hydrogens (tertiary/aromatic N) is 1. The third kappa shape index (κ3) is 5.46. The highest BCUT2D eigenvalue weighted by Crippen LogP contribution is 2.16. The zero-order valence-corrected chi connectivity index (χ0v) is 15.3. The Morgan fingerprint density at radius 1 is 1.36 bits per heavy atom. The van der Waals surface area contributed by atoms with E-state index < -0.39 is 6.04 Å². The Morgan fingerprint density at radius 3 is 2.64 bits per heavy atom. The molecule has 0 spiro atoms. The van der Waals surface area contributed by atoms with Gasteiger partial charge in [0.1, 0.15) is 11.8 Å². The lowest BCUT2D eigenvalue weighted by molar-refractivity contribution is -0.140. The first-order chi connectivity index (χ1) is 12.0. The maximum atomic E-state index is 12.5. The van der Waals surface area contributed by atoms with Crippen LogP contribution in [-0.2, 0) is 20.9 Å². The van der Waals surface area contributed by atoms with Gasteiger partial charge in [0.25, 0.3) is 0 Å². The van der Waals surface area contributed by atoms with Crippen LogP contribution in [0, 0.1) is 0 Å². The van der Waals surface area contributed by atoms with Crippen LogP contribution < -0.4 is 10.1 Å². The maximum absolute atomic E-state index is 12.5. The summed E-state index contributed by atoms with van der Waals surface area (Å²) >= 11 is 0. The van der Waals surface area contributed by atoms with Crippen LogP contribution in [-0.4, -0.2) is 49.1 Å². The molecule has 0 saturated carbocycles. The van der Waals surface area contributed by atoms with Gasteiger partial charge < -0.3 is 19.7 Å². The molecular formula is C19H28N2O4. The summed E-state index contributed by atoms with van der Waals surface area (Å²) in [4.78, 5) is 26.4. The number of hydrogen-bond acceptors (Lipinski definition) is 4. The maximum Gasteiger partial charge on any atom is 0.242 e. The SMILES string of the molecule is CCC(=O)N(Cc1ccc(OC)cc1)[C@@H](C)C(=O)NC[C@@H]1CCCO1. The van der Waals surface area contributed by atoms with Crippen molar-refractivity contribution in [1.29, 1.82) is 0 Å². The molecule has 1 saturated heterocycles. The normalized spacial score (nSPS) is 17.8. The van der Waals surface area contributed by atoms with Crippen LogP contribution >= 0.6 is 0 Å². The highest BCUT2D eigenvalue weighted by atomic mass is 16.5. The van der Waals surface area contributed by atoms with Crippen LogP contribution in [0.25, 0.3) is 0 Å². The standard InChI is InChI=1S/C19H28N2O4/c1-4-18(22)21(13-15-7-9-16(24-3)10-8-15)14(2)19(23)20-12-17-6-5-11-25-17/h7-10,14,17H,4-6,11-13H2,1-3H3,(H,20,23)/t14-,17-/m0/s1. The Labute approximate surface area is 149 Å². The number of ether oxygens (including phenoxy) is 2. The molecule has 1 aliphatic rings. The molecule has 1 aliphatic heterocycles. The smallest absolute Gasteiger partial charge is 0.242 e. The van der Waals surface area contributed by atoms with Gasteiger partial charge in [0, 0.05) is 26.1 Å². The fraction of sp³-hybridized carbons (Fsp3) is 0.579. The molecule has 2 amide bonds. The molecule has 0 bridgehead atoms. The molecule has 2 atom stereocenters. The van der Waals surface area contributed by atoms with E-state index in [9.17, 15) is 9.59 Å². The van der Waals surface area contributed by atoms with Gasteiger partial charge in [0.2, 0.25) is 11.8 Å². The van der Waals surface area contributed by atoms with Crippen molar-refractivity contribution >= 4 is 11.8 Å². The summed E-state index contributed by atoms with van der Waals surface area (Å²) in [5.41, 5.74) is 0.960. The predicted molar refractivity (Wildman–Crippen MR) is 95.3 cm³/mol. The van der Waals surface area contributed by atoms with Gasteiger partial charge in [-0.3, -0.25) is 9.59 Å². The molecule has 0 radical (unpaired) electrons. The first kappa shape index (κ1) is 19.2. The molecule has 1 heterocycles. The summed E-state index contributed by atoms with van der Waals surface area (Å²) in [6, 6.07) is 6.99. The molecule has 1 N–H and O–H groups in total. The fourth-order valence-corrected chi connectivity index (χ4v) is 2.88. The first-order valence-corrected chi connectivity index (χ1v) is 8.86. The summed E-state index contributed by atoms with van der Waals surface area (Å²) in [5.74, 6) is 0.570. The first-order valence-electron chi connectivity index (χ1n) is 8.86. The highest BCUT2D eigenvalue weighted by molar-refractivity contribution is 5.87. The van der Waals surface area contributed by atoms with Gasteiger partial charge in [-0.05, 0) is 37.5 Å². The average Bonchev–Trinajstić information content (AvgIpc) is 3.17. The lowest BCUT2D eigenvalue weighted by Crippen LogP contribution is -2.48. The lowest BCUT2D eigenvalue weighted by atomic mass is 10.1. The van der Waals surface area contributed by atoms with Crippen molar-refractivity contribution in [2.45, 2.75) is 51.8 Å². The summed E-state index contributed by atoms with van der Waals surface area (Å²) in [6.45, 7) is 5.22. The van der Waals surface area contributed by atoms with Crippen molar-refractivity contribution in [3.63, 3.8) is 0 Å². The van der Waals surface area contributed by atoms with Crippen LogP contribution in [0.5, 0.6) is 5.75 Å². The molecule has 1 fully saturated rings. The van der Waals surface area contributed by atoms with E-state index in [0.29, 0.717) is 19.5 Å². The third-order valence-electron chi connectivity index (χ3n) is 4.51. The fourth-order valence-electron chi connectivity index (χ4n) is 2.88. The topological polar surface area (TPSA) is 67.9 Å². The Morgan fingerprint density at radius 2 is 2.08 bits per heavy atom. The van der Waals surface area contributed by atoms with E-state index in [2.05, 4.69) is 5.32 Å². The molecule has 138 valence electrons. The van der Waals surface area contributed by atoms with E-state index in [1.54, 1.807) is 25.9 Å². The Hall–Kier alpha value is -2.08. The number of hydrogen-bond donors (Lipinski definition) is 1. The number of benzene rings is 1. The number of amides is 2. The van der Waals surface area contributed by atoms with E-state index in [1.807, 2.05) is 24.3 Å². The van der Waals surface area contributed by atoms with E-state index in [4.69, 9.17) is 9.47 Å². The van der Waals surface area contributed by atoms with Gasteiger partial charge in [-0.2, -0.15) is 0 Å². The van der Waals surface area contributed by atoms with E-state index in [0.717, 1.165) is 30.8 Å². The van der Waals surface area contributed by atoms with E-state index in [-0.39, 0.29) is 17.9 Å².